The highest BCUT2D eigenvalue weighted by Crippen LogP contribution is 2.20. The highest BCUT2D eigenvalue weighted by atomic mass is 32.2. The number of hydrogen-bond donors (Lipinski definition) is 1. The van der Waals surface area contributed by atoms with Crippen LogP contribution in [0.25, 0.3) is 0 Å². The van der Waals surface area contributed by atoms with Crippen molar-refractivity contribution in [3.8, 4) is 0 Å². The van der Waals surface area contributed by atoms with E-state index in [1.54, 1.807) is 31.3 Å². The van der Waals surface area contributed by atoms with Crippen LogP contribution in [-0.4, -0.2) is 26.8 Å². The molecule has 0 spiro atoms. The first-order chi connectivity index (χ1) is 9.95. The van der Waals surface area contributed by atoms with Crippen LogP contribution in [0, 0.1) is 5.82 Å². The molecule has 1 heterocycles. The van der Waals surface area contributed by atoms with Gasteiger partial charge in [-0.05, 0) is 25.2 Å². The summed E-state index contributed by atoms with van der Waals surface area (Å²) < 4.78 is 44.7. The lowest BCUT2D eigenvalue weighted by Gasteiger charge is -2.15. The Balaban J connectivity index is 2.20. The summed E-state index contributed by atoms with van der Waals surface area (Å²) in [6.45, 7) is 0.379. The Labute approximate surface area is 123 Å². The fraction of sp³-hybridized carbons (Fsp3) is 0.286. The molecule has 0 saturated heterocycles. The molecule has 2 aromatic rings. The summed E-state index contributed by atoms with van der Waals surface area (Å²) in [4.78, 5) is 0. The zero-order valence-electron chi connectivity index (χ0n) is 11.8. The van der Waals surface area contributed by atoms with E-state index in [0.29, 0.717) is 17.9 Å². The van der Waals surface area contributed by atoms with Crippen LogP contribution in [0.15, 0.2) is 45.9 Å². The van der Waals surface area contributed by atoms with Crippen LogP contribution < -0.4 is 5.32 Å². The lowest BCUT2D eigenvalue weighted by Crippen LogP contribution is -2.26. The molecule has 0 unspecified atom stereocenters. The van der Waals surface area contributed by atoms with Crippen molar-refractivity contribution in [3.63, 3.8) is 0 Å². The summed E-state index contributed by atoms with van der Waals surface area (Å²) in [6.07, 6.45) is 0. The first kappa shape index (κ1) is 15.7. The van der Waals surface area contributed by atoms with Gasteiger partial charge in [0, 0.05) is 19.2 Å². The maximum absolute atomic E-state index is 13.6. The normalized spacial score (nSPS) is 12.0. The van der Waals surface area contributed by atoms with Crippen molar-refractivity contribution in [2.24, 2.45) is 0 Å². The first-order valence-electron chi connectivity index (χ1n) is 6.38. The van der Waals surface area contributed by atoms with E-state index < -0.39 is 15.8 Å². The zero-order valence-corrected chi connectivity index (χ0v) is 12.7. The molecule has 0 radical (unpaired) electrons. The number of nitrogens with one attached hydrogen (secondary N) is 1. The molecule has 0 bridgehead atoms. The molecule has 0 fully saturated rings. The molecular formula is C14H17FN2O3S. The van der Waals surface area contributed by atoms with Gasteiger partial charge in [0.25, 0.3) is 10.0 Å². The smallest absolute Gasteiger partial charge is 0.276 e. The Hall–Kier alpha value is -1.70. The lowest BCUT2D eigenvalue weighted by atomic mass is 10.2. The maximum atomic E-state index is 13.6. The predicted octanol–water partition coefficient (Wildman–Crippen LogP) is 1.96. The summed E-state index contributed by atoms with van der Waals surface area (Å²) in [6, 6.07) is 9.07. The Morgan fingerprint density at radius 1 is 1.24 bits per heavy atom. The number of halogens is 1. The van der Waals surface area contributed by atoms with Crippen molar-refractivity contribution in [1.29, 1.82) is 0 Å². The molecule has 2 rings (SSSR count). The van der Waals surface area contributed by atoms with Crippen LogP contribution >= 0.6 is 0 Å². The Kier molecular flexibility index (Phi) is 4.76. The van der Waals surface area contributed by atoms with Gasteiger partial charge in [0.1, 0.15) is 11.6 Å². The van der Waals surface area contributed by atoms with Gasteiger partial charge in [0.05, 0.1) is 6.54 Å². The van der Waals surface area contributed by atoms with Crippen molar-refractivity contribution >= 4 is 10.0 Å². The van der Waals surface area contributed by atoms with Gasteiger partial charge in [-0.25, -0.2) is 12.8 Å². The second-order valence-electron chi connectivity index (χ2n) is 4.60. The molecule has 0 aliphatic rings. The molecule has 0 amide bonds. The SMILES string of the molecule is CNCc1ccc(S(=O)(=O)N(C)Cc2ccccc2F)o1. The second kappa shape index (κ2) is 6.38. The van der Waals surface area contributed by atoms with E-state index in [-0.39, 0.29) is 11.6 Å². The fourth-order valence-electron chi connectivity index (χ4n) is 1.87. The average Bonchev–Trinajstić information content (AvgIpc) is 2.91. The van der Waals surface area contributed by atoms with Gasteiger partial charge in [0.15, 0.2) is 0 Å². The van der Waals surface area contributed by atoms with Gasteiger partial charge in [-0.3, -0.25) is 0 Å². The van der Waals surface area contributed by atoms with Gasteiger partial charge in [-0.2, -0.15) is 4.31 Å². The summed E-state index contributed by atoms with van der Waals surface area (Å²) in [5, 5.41) is 2.73. The second-order valence-corrected chi connectivity index (χ2v) is 6.58. The number of furan rings is 1. The lowest BCUT2D eigenvalue weighted by molar-refractivity contribution is 0.380. The maximum Gasteiger partial charge on any atom is 0.276 e. The van der Waals surface area contributed by atoms with Crippen LogP contribution in [0.5, 0.6) is 0 Å². The predicted molar refractivity (Wildman–Crippen MR) is 76.5 cm³/mol. The van der Waals surface area contributed by atoms with Crippen molar-refractivity contribution in [3.05, 3.63) is 53.5 Å². The molecule has 114 valence electrons. The van der Waals surface area contributed by atoms with Gasteiger partial charge in [-0.1, -0.05) is 18.2 Å². The van der Waals surface area contributed by atoms with Crippen molar-refractivity contribution in [1.82, 2.24) is 9.62 Å². The summed E-state index contributed by atoms with van der Waals surface area (Å²) >= 11 is 0. The number of nitrogens with zero attached hydrogens (tertiary/aromatic N) is 1. The van der Waals surface area contributed by atoms with Crippen LogP contribution in [0.3, 0.4) is 0 Å². The van der Waals surface area contributed by atoms with E-state index in [2.05, 4.69) is 5.32 Å². The summed E-state index contributed by atoms with van der Waals surface area (Å²) in [5.41, 5.74) is 0.311. The third-order valence-electron chi connectivity index (χ3n) is 3.00. The molecule has 5 nitrogen and oxygen atoms in total. The van der Waals surface area contributed by atoms with Crippen molar-refractivity contribution < 1.29 is 17.2 Å². The minimum Gasteiger partial charge on any atom is -0.447 e. The molecule has 1 aromatic heterocycles. The number of benzene rings is 1. The van der Waals surface area contributed by atoms with Crippen molar-refractivity contribution in [2.75, 3.05) is 14.1 Å². The van der Waals surface area contributed by atoms with E-state index in [1.807, 2.05) is 0 Å². The van der Waals surface area contributed by atoms with Gasteiger partial charge >= 0.3 is 0 Å². The van der Waals surface area contributed by atoms with E-state index in [0.717, 1.165) is 4.31 Å². The average molecular weight is 312 g/mol. The number of sulfonamides is 1. The van der Waals surface area contributed by atoms with Gasteiger partial charge in [0.2, 0.25) is 5.09 Å². The number of hydrogen-bond acceptors (Lipinski definition) is 4. The molecule has 1 N–H and O–H groups in total. The Morgan fingerprint density at radius 3 is 2.62 bits per heavy atom. The fourth-order valence-corrected chi connectivity index (χ4v) is 2.94. The minimum absolute atomic E-state index is 0.0585. The van der Waals surface area contributed by atoms with E-state index in [4.69, 9.17) is 4.42 Å². The molecule has 0 atom stereocenters. The van der Waals surface area contributed by atoms with Crippen LogP contribution in [0.2, 0.25) is 0 Å². The molecule has 1 aromatic carbocycles. The van der Waals surface area contributed by atoms with Gasteiger partial charge in [-0.15, -0.1) is 0 Å². The summed E-state index contributed by atoms with van der Waals surface area (Å²) in [7, 11) is -0.651. The molecule has 21 heavy (non-hydrogen) atoms. The standard InChI is InChI=1S/C14H17FN2O3S/c1-16-9-12-7-8-14(20-12)21(18,19)17(2)10-11-5-3-4-6-13(11)15/h3-8,16H,9-10H2,1-2H3. The van der Waals surface area contributed by atoms with Crippen molar-refractivity contribution in [2.45, 2.75) is 18.2 Å². The van der Waals surface area contributed by atoms with E-state index in [1.165, 1.54) is 19.2 Å². The highest BCUT2D eigenvalue weighted by molar-refractivity contribution is 7.88. The number of rotatable bonds is 6. The largest absolute Gasteiger partial charge is 0.447 e. The Morgan fingerprint density at radius 2 is 1.95 bits per heavy atom. The van der Waals surface area contributed by atoms with Gasteiger partial charge < -0.3 is 9.73 Å². The van der Waals surface area contributed by atoms with Crippen LogP contribution in [0.4, 0.5) is 4.39 Å². The molecular weight excluding hydrogens is 295 g/mol. The highest BCUT2D eigenvalue weighted by Gasteiger charge is 2.25. The monoisotopic (exact) mass is 312 g/mol. The minimum atomic E-state index is -3.78. The molecule has 0 saturated carbocycles. The third-order valence-corrected chi connectivity index (χ3v) is 4.68. The van der Waals surface area contributed by atoms with Crippen LogP contribution in [0.1, 0.15) is 11.3 Å². The molecule has 7 heteroatoms. The van der Waals surface area contributed by atoms with Crippen LogP contribution in [-0.2, 0) is 23.1 Å². The molecule has 0 aliphatic carbocycles. The zero-order chi connectivity index (χ0) is 15.5. The quantitative estimate of drug-likeness (QED) is 0.886. The molecule has 0 aliphatic heterocycles. The third kappa shape index (κ3) is 3.49. The van der Waals surface area contributed by atoms with E-state index >= 15 is 0 Å². The van der Waals surface area contributed by atoms with E-state index in [9.17, 15) is 12.8 Å². The topological polar surface area (TPSA) is 62.6 Å². The summed E-state index contributed by atoms with van der Waals surface area (Å²) in [5.74, 6) is 0.0882. The Bertz CT molecular complexity index is 713. The first-order valence-corrected chi connectivity index (χ1v) is 7.82.